The lowest BCUT2D eigenvalue weighted by atomic mass is 9.90. The van der Waals surface area contributed by atoms with E-state index in [4.69, 9.17) is 4.74 Å². The summed E-state index contributed by atoms with van der Waals surface area (Å²) in [4.78, 5) is 27.8. The van der Waals surface area contributed by atoms with E-state index in [-0.39, 0.29) is 36.7 Å². The highest BCUT2D eigenvalue weighted by Crippen LogP contribution is 2.59. The third kappa shape index (κ3) is 3.45. The molecule has 0 N–H and O–H groups in total. The molecular formula is C24H22F3NO3S. The largest absolute Gasteiger partial charge is 0.488 e. The van der Waals surface area contributed by atoms with E-state index in [0.29, 0.717) is 30.7 Å². The third-order valence-corrected chi connectivity index (χ3v) is 7.82. The Morgan fingerprint density at radius 2 is 1.91 bits per heavy atom. The van der Waals surface area contributed by atoms with E-state index < -0.39 is 17.6 Å². The van der Waals surface area contributed by atoms with Crippen LogP contribution >= 0.6 is 11.3 Å². The number of carbonyl (C=O) groups is 2. The molecule has 32 heavy (non-hydrogen) atoms. The molecule has 1 atom stereocenters. The zero-order chi connectivity index (χ0) is 22.7. The molecule has 3 aliphatic rings. The Morgan fingerprint density at radius 3 is 2.53 bits per heavy atom. The zero-order valence-corrected chi connectivity index (χ0v) is 18.2. The van der Waals surface area contributed by atoms with Crippen molar-refractivity contribution in [1.29, 1.82) is 0 Å². The monoisotopic (exact) mass is 461 g/mol. The molecule has 0 bridgehead atoms. The number of allylic oxidation sites excluding steroid dienone is 1. The van der Waals surface area contributed by atoms with Crippen molar-refractivity contribution >= 4 is 23.0 Å². The predicted octanol–water partition coefficient (Wildman–Crippen LogP) is 5.55. The highest BCUT2D eigenvalue weighted by Gasteiger charge is 2.64. The number of thiophene rings is 1. The number of fused-ring (bicyclic) bond motifs is 1. The molecule has 2 aromatic rings. The maximum atomic E-state index is 13.3. The molecule has 5 rings (SSSR count). The molecule has 0 unspecified atom stereocenters. The molecule has 1 aromatic heterocycles. The Hall–Kier alpha value is -2.61. The molecule has 1 aromatic carbocycles. The SMILES string of the molecule is C=C1CC[C@H](N2Cc3c(csc3COc3ccc(C4(C(F)(F)F)CC4)cc3)C2=O)C(=O)C1. The molecule has 2 heterocycles. The molecule has 0 spiro atoms. The first-order valence-corrected chi connectivity index (χ1v) is 11.5. The van der Waals surface area contributed by atoms with Gasteiger partial charge in [0.15, 0.2) is 5.78 Å². The molecule has 0 saturated heterocycles. The van der Waals surface area contributed by atoms with Crippen molar-refractivity contribution in [2.24, 2.45) is 0 Å². The fourth-order valence-corrected chi connectivity index (χ4v) is 5.66. The van der Waals surface area contributed by atoms with Gasteiger partial charge in [-0.1, -0.05) is 24.3 Å². The van der Waals surface area contributed by atoms with Gasteiger partial charge in [-0.05, 0) is 43.4 Å². The van der Waals surface area contributed by atoms with Gasteiger partial charge in [0.25, 0.3) is 5.91 Å². The van der Waals surface area contributed by atoms with Gasteiger partial charge in [0.05, 0.1) is 17.0 Å². The van der Waals surface area contributed by atoms with Crippen LogP contribution < -0.4 is 4.74 Å². The van der Waals surface area contributed by atoms with Gasteiger partial charge in [-0.2, -0.15) is 13.2 Å². The van der Waals surface area contributed by atoms with Crippen molar-refractivity contribution < 1.29 is 27.5 Å². The summed E-state index contributed by atoms with van der Waals surface area (Å²) in [6, 6.07) is 5.71. The molecule has 0 radical (unpaired) electrons. The molecule has 2 aliphatic carbocycles. The van der Waals surface area contributed by atoms with Crippen molar-refractivity contribution in [3.05, 3.63) is 63.4 Å². The average Bonchev–Trinajstić information content (AvgIpc) is 3.39. The third-order valence-electron chi connectivity index (χ3n) is 6.81. The number of ketones is 1. The normalized spacial score (nSPS) is 22.3. The first-order valence-electron chi connectivity index (χ1n) is 10.6. The quantitative estimate of drug-likeness (QED) is 0.548. The summed E-state index contributed by atoms with van der Waals surface area (Å²) in [5, 5.41) is 1.80. The van der Waals surface area contributed by atoms with Crippen molar-refractivity contribution in [1.82, 2.24) is 4.90 Å². The lowest BCUT2D eigenvalue weighted by Crippen LogP contribution is -2.43. The van der Waals surface area contributed by atoms with Crippen molar-refractivity contribution in [3.8, 4) is 5.75 Å². The van der Waals surface area contributed by atoms with Crippen LogP contribution in [0.2, 0.25) is 0 Å². The van der Waals surface area contributed by atoms with E-state index in [0.717, 1.165) is 22.4 Å². The summed E-state index contributed by atoms with van der Waals surface area (Å²) in [5.74, 6) is 0.393. The van der Waals surface area contributed by atoms with E-state index in [9.17, 15) is 22.8 Å². The molecule has 4 nitrogen and oxygen atoms in total. The Labute approximate surface area is 187 Å². The van der Waals surface area contributed by atoms with Gasteiger partial charge in [0.2, 0.25) is 0 Å². The van der Waals surface area contributed by atoms with Crippen LogP contribution in [-0.4, -0.2) is 28.8 Å². The summed E-state index contributed by atoms with van der Waals surface area (Å²) in [6.07, 6.45) is -2.31. The first kappa shape index (κ1) is 21.2. The maximum Gasteiger partial charge on any atom is 0.398 e. The van der Waals surface area contributed by atoms with Crippen LogP contribution in [0.1, 0.15) is 58.5 Å². The summed E-state index contributed by atoms with van der Waals surface area (Å²) < 4.78 is 45.7. The van der Waals surface area contributed by atoms with Crippen LogP contribution in [-0.2, 0) is 23.4 Å². The summed E-state index contributed by atoms with van der Waals surface area (Å²) in [6.45, 7) is 4.48. The first-order chi connectivity index (χ1) is 15.2. The number of alkyl halides is 3. The minimum atomic E-state index is -4.24. The lowest BCUT2D eigenvalue weighted by Gasteiger charge is -2.30. The topological polar surface area (TPSA) is 46.6 Å². The Kier molecular flexibility index (Phi) is 4.96. The number of ether oxygens (including phenoxy) is 1. The number of carbonyl (C=O) groups excluding carboxylic acids is 2. The van der Waals surface area contributed by atoms with Crippen LogP contribution in [0.5, 0.6) is 5.75 Å². The second-order valence-electron chi connectivity index (χ2n) is 8.82. The predicted molar refractivity (Wildman–Crippen MR) is 114 cm³/mol. The van der Waals surface area contributed by atoms with E-state index in [2.05, 4.69) is 6.58 Å². The Morgan fingerprint density at radius 1 is 1.19 bits per heavy atom. The van der Waals surface area contributed by atoms with Crippen LogP contribution in [0.3, 0.4) is 0 Å². The van der Waals surface area contributed by atoms with Gasteiger partial charge in [-0.15, -0.1) is 11.3 Å². The number of hydrogen-bond acceptors (Lipinski definition) is 4. The Balaban J connectivity index is 1.26. The minimum Gasteiger partial charge on any atom is -0.488 e. The number of halogens is 3. The van der Waals surface area contributed by atoms with E-state index in [1.165, 1.54) is 23.5 Å². The number of amides is 1. The molecule has 1 aliphatic heterocycles. The maximum absolute atomic E-state index is 13.3. The molecule has 1 amide bonds. The molecule has 2 fully saturated rings. The summed E-state index contributed by atoms with van der Waals surface area (Å²) >= 11 is 1.43. The summed E-state index contributed by atoms with van der Waals surface area (Å²) in [5.41, 5.74) is 0.975. The van der Waals surface area contributed by atoms with Crippen LogP contribution in [0, 0.1) is 0 Å². The fraction of sp³-hybridized carbons (Fsp3) is 0.417. The standard InChI is InChI=1S/C24H22F3NO3S/c1-14-2-7-19(20(29)10-14)28-11-17-18(22(28)30)13-32-21(17)12-31-16-5-3-15(4-6-16)23(8-9-23)24(25,26)27/h3-6,13,19H,1-2,7-12H2/t19-/m0/s1. The number of rotatable bonds is 5. The zero-order valence-electron chi connectivity index (χ0n) is 17.3. The molecular weight excluding hydrogens is 439 g/mol. The van der Waals surface area contributed by atoms with E-state index in [1.807, 2.05) is 0 Å². The van der Waals surface area contributed by atoms with Crippen molar-refractivity contribution in [3.63, 3.8) is 0 Å². The Bertz CT molecular complexity index is 1100. The molecule has 8 heteroatoms. The fourth-order valence-electron chi connectivity index (χ4n) is 4.71. The van der Waals surface area contributed by atoms with Crippen LogP contribution in [0.25, 0.3) is 0 Å². The lowest BCUT2D eigenvalue weighted by molar-refractivity contribution is -0.160. The number of nitrogens with zero attached hydrogens (tertiary/aromatic N) is 1. The highest BCUT2D eigenvalue weighted by atomic mass is 32.1. The van der Waals surface area contributed by atoms with Gasteiger partial charge in [-0.3, -0.25) is 9.59 Å². The minimum absolute atomic E-state index is 0.0357. The highest BCUT2D eigenvalue weighted by molar-refractivity contribution is 7.10. The van der Waals surface area contributed by atoms with Gasteiger partial charge in [-0.25, -0.2) is 0 Å². The summed E-state index contributed by atoms with van der Waals surface area (Å²) in [7, 11) is 0. The van der Waals surface area contributed by atoms with Crippen molar-refractivity contribution in [2.75, 3.05) is 0 Å². The van der Waals surface area contributed by atoms with E-state index >= 15 is 0 Å². The van der Waals surface area contributed by atoms with Gasteiger partial charge >= 0.3 is 6.18 Å². The molecule has 2 saturated carbocycles. The van der Waals surface area contributed by atoms with Gasteiger partial charge < -0.3 is 9.64 Å². The van der Waals surface area contributed by atoms with Gasteiger partial charge in [0.1, 0.15) is 12.4 Å². The van der Waals surface area contributed by atoms with Crippen LogP contribution in [0.15, 0.2) is 41.8 Å². The second-order valence-corrected chi connectivity index (χ2v) is 9.79. The smallest absolute Gasteiger partial charge is 0.398 e. The number of Topliss-reactive ketones (excluding diaryl/α,β-unsaturated/α-hetero) is 1. The van der Waals surface area contributed by atoms with Gasteiger partial charge in [0, 0.05) is 28.8 Å². The van der Waals surface area contributed by atoms with Crippen molar-refractivity contribution in [2.45, 2.75) is 62.9 Å². The van der Waals surface area contributed by atoms with Crippen LogP contribution in [0.4, 0.5) is 13.2 Å². The second kappa shape index (κ2) is 7.47. The van der Waals surface area contributed by atoms with E-state index in [1.54, 1.807) is 22.4 Å². The molecule has 168 valence electrons. The average molecular weight is 462 g/mol. The number of benzene rings is 1. The number of hydrogen-bond donors (Lipinski definition) is 0.